The van der Waals surface area contributed by atoms with Gasteiger partial charge in [-0.2, -0.15) is 8.78 Å². The molecule has 0 atom stereocenters. The van der Waals surface area contributed by atoms with Crippen molar-refractivity contribution in [3.05, 3.63) is 46.5 Å². The highest BCUT2D eigenvalue weighted by atomic mass is 19.2. The van der Waals surface area contributed by atoms with E-state index < -0.39 is 79.6 Å². The summed E-state index contributed by atoms with van der Waals surface area (Å²) in [6, 6.07) is 0. The first kappa shape index (κ1) is 16.1. The maximum absolute atomic E-state index is 14.3. The van der Waals surface area contributed by atoms with E-state index in [1.807, 2.05) is 0 Å². The number of hydrogen-bond acceptors (Lipinski definition) is 2. The molecule has 0 aliphatic carbocycles. The molecule has 0 aliphatic rings. The van der Waals surface area contributed by atoms with Crippen LogP contribution >= 0.6 is 0 Å². The van der Waals surface area contributed by atoms with Gasteiger partial charge in [0.15, 0.2) is 34.8 Å². The summed E-state index contributed by atoms with van der Waals surface area (Å²) >= 11 is 0. The zero-order valence-electron chi connectivity index (χ0n) is 10.9. The summed E-state index contributed by atoms with van der Waals surface area (Å²) in [5, 5.41) is 12.0. The maximum atomic E-state index is 14.3. The highest BCUT2D eigenvalue weighted by Gasteiger charge is 2.32. The van der Waals surface area contributed by atoms with E-state index in [1.165, 1.54) is 0 Å². The van der Waals surface area contributed by atoms with Crippen molar-refractivity contribution >= 4 is 21.5 Å². The van der Waals surface area contributed by atoms with E-state index in [4.69, 9.17) is 0 Å². The minimum Gasteiger partial charge on any atom is -0.504 e. The molecule has 0 saturated heterocycles. The zero-order valence-corrected chi connectivity index (χ0v) is 10.9. The molecule has 3 aromatic rings. The van der Waals surface area contributed by atoms with Crippen molar-refractivity contribution in [2.24, 2.45) is 0 Å². The smallest absolute Gasteiger partial charge is 0.204 e. The van der Waals surface area contributed by atoms with Gasteiger partial charge >= 0.3 is 0 Å². The molecule has 2 N–H and O–H groups in total. The molecule has 0 aromatic heterocycles. The largest absolute Gasteiger partial charge is 0.504 e. The van der Waals surface area contributed by atoms with Crippen LogP contribution in [-0.4, -0.2) is 10.2 Å². The third kappa shape index (κ3) is 1.70. The first-order valence-electron chi connectivity index (χ1n) is 5.96. The van der Waals surface area contributed by atoms with Crippen molar-refractivity contribution in [2.75, 3.05) is 0 Å². The number of benzene rings is 3. The minimum atomic E-state index is -2.39. The predicted molar refractivity (Wildman–Crippen MR) is 64.4 cm³/mol. The Balaban J connectivity index is 2.82. The van der Waals surface area contributed by atoms with E-state index in [0.717, 1.165) is 0 Å². The Morgan fingerprint density at radius 3 is 0.917 bits per heavy atom. The molecule has 2 nitrogen and oxygen atoms in total. The predicted octanol–water partition coefficient (Wildman–Crippen LogP) is 4.52. The van der Waals surface area contributed by atoms with Crippen LogP contribution in [0, 0.1) is 46.5 Å². The third-order valence-corrected chi connectivity index (χ3v) is 3.48. The summed E-state index contributed by atoms with van der Waals surface area (Å²) in [5.41, 5.74) is 0. The first-order chi connectivity index (χ1) is 11.1. The van der Waals surface area contributed by atoms with Crippen LogP contribution in [0.2, 0.25) is 0 Å². The fourth-order valence-electron chi connectivity index (χ4n) is 2.39. The van der Waals surface area contributed by atoms with E-state index in [1.54, 1.807) is 0 Å². The molecule has 0 heterocycles. The molecule has 126 valence electrons. The van der Waals surface area contributed by atoms with E-state index in [-0.39, 0.29) is 0 Å². The Bertz CT molecular complexity index is 896. The minimum absolute atomic E-state index is 1.64. The summed E-state index contributed by atoms with van der Waals surface area (Å²) in [7, 11) is 0. The van der Waals surface area contributed by atoms with Gasteiger partial charge in [-0.15, -0.1) is 0 Å². The molecule has 3 rings (SSSR count). The highest BCUT2D eigenvalue weighted by Crippen LogP contribution is 2.44. The summed E-state index contributed by atoms with van der Waals surface area (Å²) in [5.74, 6) is -22.1. The van der Waals surface area contributed by atoms with E-state index in [2.05, 4.69) is 0 Å². The van der Waals surface area contributed by atoms with Gasteiger partial charge < -0.3 is 10.2 Å². The second-order valence-electron chi connectivity index (χ2n) is 4.71. The van der Waals surface area contributed by atoms with Gasteiger partial charge in [-0.05, 0) is 0 Å². The lowest BCUT2D eigenvalue weighted by Gasteiger charge is -2.13. The van der Waals surface area contributed by atoms with Crippen LogP contribution in [0.1, 0.15) is 0 Å². The molecule has 0 spiro atoms. The van der Waals surface area contributed by atoms with Crippen LogP contribution in [0.3, 0.4) is 0 Å². The normalized spacial score (nSPS) is 11.7. The van der Waals surface area contributed by atoms with Gasteiger partial charge in [0, 0.05) is 0 Å². The average Bonchev–Trinajstić information content (AvgIpc) is 2.55. The Hall–Kier alpha value is -2.78. The van der Waals surface area contributed by atoms with Crippen LogP contribution in [0.25, 0.3) is 21.5 Å². The van der Waals surface area contributed by atoms with Crippen LogP contribution < -0.4 is 0 Å². The first-order valence-corrected chi connectivity index (χ1v) is 5.96. The molecular weight excluding hydrogens is 352 g/mol. The van der Waals surface area contributed by atoms with Crippen LogP contribution in [0.5, 0.6) is 11.5 Å². The Kier molecular flexibility index (Phi) is 3.26. The standard InChI is InChI=1S/C14H2F8O2/c15-5-1-3(13(23)11(21)9(19)7(1)17)6(16)2-4(5)14(24)12(22)10(20)8(2)18/h23-24H. The molecule has 0 radical (unpaired) electrons. The fourth-order valence-corrected chi connectivity index (χ4v) is 2.39. The van der Waals surface area contributed by atoms with Gasteiger partial charge in [0.1, 0.15) is 11.6 Å². The lowest BCUT2D eigenvalue weighted by molar-refractivity contribution is 0.388. The highest BCUT2D eigenvalue weighted by molar-refractivity contribution is 6.05. The lowest BCUT2D eigenvalue weighted by Crippen LogP contribution is -2.03. The van der Waals surface area contributed by atoms with Crippen molar-refractivity contribution < 1.29 is 45.3 Å². The summed E-state index contributed by atoms with van der Waals surface area (Å²) in [6.45, 7) is 0. The van der Waals surface area contributed by atoms with Gasteiger partial charge in [-0.1, -0.05) is 0 Å². The molecular formula is C14H2F8O2. The Morgan fingerprint density at radius 1 is 0.333 bits per heavy atom. The van der Waals surface area contributed by atoms with Gasteiger partial charge in [0.25, 0.3) is 0 Å². The van der Waals surface area contributed by atoms with Gasteiger partial charge in [-0.3, -0.25) is 0 Å². The molecule has 0 fully saturated rings. The topological polar surface area (TPSA) is 40.5 Å². The molecule has 10 heteroatoms. The molecule has 0 aliphatic heterocycles. The van der Waals surface area contributed by atoms with Gasteiger partial charge in [0.05, 0.1) is 21.5 Å². The van der Waals surface area contributed by atoms with Crippen molar-refractivity contribution in [2.45, 2.75) is 0 Å². The zero-order chi connectivity index (χ0) is 18.1. The van der Waals surface area contributed by atoms with Crippen molar-refractivity contribution in [3.8, 4) is 11.5 Å². The van der Waals surface area contributed by atoms with E-state index >= 15 is 0 Å². The molecule has 0 unspecified atom stereocenters. The fraction of sp³-hybridized carbons (Fsp3) is 0. The average molecular weight is 354 g/mol. The van der Waals surface area contributed by atoms with Gasteiger partial charge in [0.2, 0.25) is 11.6 Å². The quantitative estimate of drug-likeness (QED) is 0.354. The number of aromatic hydroxyl groups is 2. The van der Waals surface area contributed by atoms with Crippen LogP contribution in [-0.2, 0) is 0 Å². The Morgan fingerprint density at radius 2 is 0.625 bits per heavy atom. The van der Waals surface area contributed by atoms with Crippen LogP contribution in [0.4, 0.5) is 35.1 Å². The van der Waals surface area contributed by atoms with E-state index in [9.17, 15) is 45.3 Å². The second kappa shape index (κ2) is 4.86. The van der Waals surface area contributed by atoms with Crippen molar-refractivity contribution in [3.63, 3.8) is 0 Å². The summed E-state index contributed by atoms with van der Waals surface area (Å²) < 4.78 is 109. The number of phenols is 2. The molecule has 0 amide bonds. The Labute approximate surface area is 126 Å². The van der Waals surface area contributed by atoms with Crippen molar-refractivity contribution in [1.82, 2.24) is 0 Å². The second-order valence-corrected chi connectivity index (χ2v) is 4.71. The van der Waals surface area contributed by atoms with Gasteiger partial charge in [-0.25, -0.2) is 26.3 Å². The monoisotopic (exact) mass is 354 g/mol. The number of rotatable bonds is 0. The van der Waals surface area contributed by atoms with E-state index in [0.29, 0.717) is 0 Å². The number of phenolic OH excluding ortho intramolecular Hbond substituents is 2. The lowest BCUT2D eigenvalue weighted by atomic mass is 9.98. The third-order valence-electron chi connectivity index (χ3n) is 3.48. The van der Waals surface area contributed by atoms with Crippen molar-refractivity contribution in [1.29, 1.82) is 0 Å². The summed E-state index contributed by atoms with van der Waals surface area (Å²) in [6.07, 6.45) is 0. The SMILES string of the molecule is Oc1c(F)c(F)c(F)c2c(F)c3c(O)c(F)c(F)c(F)c3c(F)c12. The number of halogens is 8. The molecule has 24 heavy (non-hydrogen) atoms. The molecule has 0 bridgehead atoms. The summed E-state index contributed by atoms with van der Waals surface area (Å²) in [4.78, 5) is 0. The number of fused-ring (bicyclic) bond motifs is 2. The molecule has 0 saturated carbocycles. The van der Waals surface area contributed by atoms with Crippen LogP contribution in [0.15, 0.2) is 0 Å². The number of hydrogen-bond donors (Lipinski definition) is 2. The molecule has 3 aromatic carbocycles. The maximum Gasteiger partial charge on any atom is 0.204 e.